The minimum atomic E-state index is -0.559. The topological polar surface area (TPSA) is 21.7 Å². The Hall–Kier alpha value is -2.14. The number of methoxy groups -OCH3 is 1. The Kier molecular flexibility index (Phi) is 4.48. The van der Waals surface area contributed by atoms with Crippen molar-refractivity contribution in [2.75, 3.05) is 13.7 Å². The van der Waals surface area contributed by atoms with Gasteiger partial charge in [-0.2, -0.15) is 0 Å². The second kappa shape index (κ2) is 6.54. The molecule has 3 nitrogen and oxygen atoms in total. The number of fused-ring (bicyclic) bond motifs is 1. The fourth-order valence-electron chi connectivity index (χ4n) is 2.84. The van der Waals surface area contributed by atoms with Gasteiger partial charge >= 0.3 is 0 Å². The highest BCUT2D eigenvalue weighted by Gasteiger charge is 2.21. The highest BCUT2D eigenvalue weighted by atomic mass is 19.1. The lowest BCUT2D eigenvalue weighted by atomic mass is 10.1. The first-order chi connectivity index (χ1) is 11.0. The molecule has 2 aromatic rings. The van der Waals surface area contributed by atoms with Crippen LogP contribution in [0.2, 0.25) is 0 Å². The summed E-state index contributed by atoms with van der Waals surface area (Å²) in [5.74, 6) is 0.460. The summed E-state index contributed by atoms with van der Waals surface area (Å²) < 4.78 is 38.1. The van der Waals surface area contributed by atoms with Crippen LogP contribution >= 0.6 is 0 Å². The molecule has 0 aliphatic carbocycles. The molecule has 0 spiro atoms. The van der Waals surface area contributed by atoms with E-state index in [4.69, 9.17) is 9.47 Å². The van der Waals surface area contributed by atoms with Crippen molar-refractivity contribution in [3.63, 3.8) is 0 Å². The number of benzene rings is 2. The normalized spacial score (nSPS) is 18.0. The van der Waals surface area contributed by atoms with Crippen LogP contribution in [-0.4, -0.2) is 24.7 Å². The molecule has 1 atom stereocenters. The summed E-state index contributed by atoms with van der Waals surface area (Å²) in [4.78, 5) is 2.10. The van der Waals surface area contributed by atoms with Gasteiger partial charge in [0.2, 0.25) is 0 Å². The monoisotopic (exact) mass is 319 g/mol. The summed E-state index contributed by atoms with van der Waals surface area (Å²) >= 11 is 0. The molecule has 1 aliphatic heterocycles. The van der Waals surface area contributed by atoms with Crippen molar-refractivity contribution in [3.05, 3.63) is 59.2 Å². The maximum atomic E-state index is 13.9. The van der Waals surface area contributed by atoms with Gasteiger partial charge in [-0.05, 0) is 19.1 Å². The van der Waals surface area contributed by atoms with E-state index in [2.05, 4.69) is 4.90 Å². The molecule has 0 aromatic heterocycles. The zero-order chi connectivity index (χ0) is 16.4. The second-order valence-electron chi connectivity index (χ2n) is 5.81. The Labute approximate surface area is 134 Å². The van der Waals surface area contributed by atoms with Crippen molar-refractivity contribution in [2.24, 2.45) is 0 Å². The molecule has 0 saturated heterocycles. The minimum absolute atomic E-state index is 0.0353. The third-order valence-corrected chi connectivity index (χ3v) is 3.92. The predicted molar refractivity (Wildman–Crippen MR) is 83.6 cm³/mol. The summed E-state index contributed by atoms with van der Waals surface area (Å²) in [5.41, 5.74) is 1.51. The molecule has 0 radical (unpaired) electrons. The number of ether oxygens (including phenoxy) is 2. The summed E-state index contributed by atoms with van der Waals surface area (Å²) in [6.45, 7) is 3.68. The van der Waals surface area contributed by atoms with E-state index in [1.54, 1.807) is 7.11 Å². The van der Waals surface area contributed by atoms with Gasteiger partial charge in [-0.1, -0.05) is 12.1 Å². The van der Waals surface area contributed by atoms with Crippen LogP contribution in [0.15, 0.2) is 36.4 Å². The first-order valence-electron chi connectivity index (χ1n) is 7.55. The van der Waals surface area contributed by atoms with E-state index in [1.165, 1.54) is 12.1 Å². The zero-order valence-corrected chi connectivity index (χ0v) is 13.2. The van der Waals surface area contributed by atoms with Gasteiger partial charge < -0.3 is 9.47 Å². The SMILES string of the molecule is COc1ccc2c(c1)OC(C)CN(Cc1ccc(F)cc1F)C2. The van der Waals surface area contributed by atoms with E-state index >= 15 is 0 Å². The Morgan fingerprint density at radius 3 is 2.78 bits per heavy atom. The quantitative estimate of drug-likeness (QED) is 0.860. The van der Waals surface area contributed by atoms with E-state index in [1.807, 2.05) is 25.1 Å². The molecule has 1 aliphatic rings. The van der Waals surface area contributed by atoms with E-state index < -0.39 is 11.6 Å². The fraction of sp³-hybridized carbons (Fsp3) is 0.333. The summed E-state index contributed by atoms with van der Waals surface area (Å²) in [6, 6.07) is 9.42. The lowest BCUT2D eigenvalue weighted by molar-refractivity contribution is 0.155. The third-order valence-electron chi connectivity index (χ3n) is 3.92. The van der Waals surface area contributed by atoms with Gasteiger partial charge in [0.25, 0.3) is 0 Å². The largest absolute Gasteiger partial charge is 0.497 e. The summed E-state index contributed by atoms with van der Waals surface area (Å²) in [7, 11) is 1.62. The zero-order valence-electron chi connectivity index (χ0n) is 13.2. The van der Waals surface area contributed by atoms with Crippen molar-refractivity contribution in [2.45, 2.75) is 26.1 Å². The van der Waals surface area contributed by atoms with Crippen LogP contribution in [0.4, 0.5) is 8.78 Å². The minimum Gasteiger partial charge on any atom is -0.497 e. The van der Waals surface area contributed by atoms with E-state index in [0.717, 1.165) is 23.1 Å². The van der Waals surface area contributed by atoms with Crippen LogP contribution < -0.4 is 9.47 Å². The molecule has 23 heavy (non-hydrogen) atoms. The van der Waals surface area contributed by atoms with Gasteiger partial charge in [-0.25, -0.2) is 8.78 Å². The van der Waals surface area contributed by atoms with Crippen molar-refractivity contribution in [1.29, 1.82) is 0 Å². The second-order valence-corrected chi connectivity index (χ2v) is 5.81. The maximum absolute atomic E-state index is 13.9. The average Bonchev–Trinajstić information content (AvgIpc) is 2.66. The van der Waals surface area contributed by atoms with Crippen LogP contribution in [0.5, 0.6) is 11.5 Å². The smallest absolute Gasteiger partial charge is 0.130 e. The lowest BCUT2D eigenvalue weighted by Crippen LogP contribution is -2.30. The molecule has 122 valence electrons. The Bertz CT molecular complexity index is 705. The number of hydrogen-bond donors (Lipinski definition) is 0. The molecule has 0 saturated carbocycles. The first-order valence-corrected chi connectivity index (χ1v) is 7.55. The van der Waals surface area contributed by atoms with Crippen molar-refractivity contribution < 1.29 is 18.3 Å². The van der Waals surface area contributed by atoms with Gasteiger partial charge in [0.1, 0.15) is 29.2 Å². The van der Waals surface area contributed by atoms with Gasteiger partial charge in [-0.15, -0.1) is 0 Å². The van der Waals surface area contributed by atoms with E-state index in [-0.39, 0.29) is 6.10 Å². The van der Waals surface area contributed by atoms with Crippen LogP contribution in [0.3, 0.4) is 0 Å². The maximum Gasteiger partial charge on any atom is 0.130 e. The molecule has 3 rings (SSSR count). The van der Waals surface area contributed by atoms with Gasteiger partial charge in [0.15, 0.2) is 0 Å². The van der Waals surface area contributed by atoms with Crippen LogP contribution in [0, 0.1) is 11.6 Å². The first kappa shape index (κ1) is 15.7. The highest BCUT2D eigenvalue weighted by molar-refractivity contribution is 5.41. The van der Waals surface area contributed by atoms with Crippen LogP contribution in [-0.2, 0) is 13.1 Å². The molecular formula is C18H19F2NO2. The molecule has 0 bridgehead atoms. The number of halogens is 2. The molecule has 0 amide bonds. The number of rotatable bonds is 3. The molecule has 1 heterocycles. The number of hydrogen-bond acceptors (Lipinski definition) is 3. The third kappa shape index (κ3) is 3.62. The average molecular weight is 319 g/mol. The van der Waals surface area contributed by atoms with Crippen molar-refractivity contribution in [1.82, 2.24) is 4.90 Å². The molecular weight excluding hydrogens is 300 g/mol. The Morgan fingerprint density at radius 2 is 2.04 bits per heavy atom. The molecule has 2 aromatic carbocycles. The van der Waals surface area contributed by atoms with Crippen LogP contribution in [0.25, 0.3) is 0 Å². The molecule has 0 N–H and O–H groups in total. The van der Waals surface area contributed by atoms with Gasteiger partial charge in [0, 0.05) is 42.9 Å². The summed E-state index contributed by atoms with van der Waals surface area (Å²) in [5, 5.41) is 0. The van der Waals surface area contributed by atoms with Crippen molar-refractivity contribution >= 4 is 0 Å². The van der Waals surface area contributed by atoms with Crippen molar-refractivity contribution in [3.8, 4) is 11.5 Å². The predicted octanol–water partition coefficient (Wildman–Crippen LogP) is 3.76. The highest BCUT2D eigenvalue weighted by Crippen LogP contribution is 2.30. The molecule has 1 unspecified atom stereocenters. The van der Waals surface area contributed by atoms with Gasteiger partial charge in [-0.3, -0.25) is 4.90 Å². The standard InChI is InChI=1S/C18H19F2NO2/c1-12-9-21(10-13-3-5-15(19)7-17(13)20)11-14-4-6-16(22-2)8-18(14)23-12/h3-8,12H,9-11H2,1-2H3. The molecule has 0 fully saturated rings. The van der Waals surface area contributed by atoms with E-state index in [0.29, 0.717) is 25.2 Å². The number of nitrogens with zero attached hydrogens (tertiary/aromatic N) is 1. The summed E-state index contributed by atoms with van der Waals surface area (Å²) in [6.07, 6.45) is -0.0353. The molecule has 5 heteroatoms. The fourth-order valence-corrected chi connectivity index (χ4v) is 2.84. The Morgan fingerprint density at radius 1 is 1.22 bits per heavy atom. The van der Waals surface area contributed by atoms with Crippen LogP contribution in [0.1, 0.15) is 18.1 Å². The van der Waals surface area contributed by atoms with E-state index in [9.17, 15) is 8.78 Å². The van der Waals surface area contributed by atoms with Gasteiger partial charge in [0.05, 0.1) is 7.11 Å². The Balaban J connectivity index is 1.83. The lowest BCUT2D eigenvalue weighted by Gasteiger charge is -2.22.